The molecule has 0 saturated heterocycles. The molecule has 0 N–H and O–H groups in total. The van der Waals surface area contributed by atoms with Gasteiger partial charge in [0.2, 0.25) is 0 Å². The first kappa shape index (κ1) is 11.0. The zero-order valence-corrected chi connectivity index (χ0v) is 7.81. The molecule has 0 radical (unpaired) electrons. The van der Waals surface area contributed by atoms with Crippen LogP contribution >= 0.6 is 15.9 Å². The van der Waals surface area contributed by atoms with Crippen molar-refractivity contribution >= 4 is 49.8 Å². The fourth-order valence-electron chi connectivity index (χ4n) is 1.23. The van der Waals surface area contributed by atoms with Crippen LogP contribution in [0.15, 0.2) is 40.9 Å². The minimum absolute atomic E-state index is 0. The van der Waals surface area contributed by atoms with Crippen molar-refractivity contribution < 1.29 is 4.39 Å². The van der Waals surface area contributed by atoms with Gasteiger partial charge in [0.25, 0.3) is 0 Å². The van der Waals surface area contributed by atoms with Gasteiger partial charge in [-0.3, -0.25) is 0 Å². The third-order valence-electron chi connectivity index (χ3n) is 1.82. The van der Waals surface area contributed by atoms with Gasteiger partial charge in [0.15, 0.2) is 0 Å². The summed E-state index contributed by atoms with van der Waals surface area (Å²) in [4.78, 5) is 0. The molecule has 0 nitrogen and oxygen atoms in total. The molecule has 0 aliphatic carbocycles. The molecule has 0 atom stereocenters. The highest BCUT2D eigenvalue weighted by Crippen LogP contribution is 2.25. The Morgan fingerprint density at radius 1 is 0.923 bits per heavy atom. The monoisotopic (exact) mass is 250 g/mol. The van der Waals surface area contributed by atoms with Gasteiger partial charge in [-0.25, -0.2) is 4.39 Å². The summed E-state index contributed by atoms with van der Waals surface area (Å²) in [5.41, 5.74) is 0. The Morgan fingerprint density at radius 3 is 2.15 bits per heavy atom. The van der Waals surface area contributed by atoms with Gasteiger partial charge in [0.05, 0.1) is 0 Å². The Bertz CT molecular complexity index is 388. The molecule has 0 heterocycles. The van der Waals surface area contributed by atoms with Crippen LogP contribution in [0.2, 0.25) is 0 Å². The molecule has 0 aromatic heterocycles. The van der Waals surface area contributed by atoms with Gasteiger partial charge in [-0.05, 0) is 17.5 Å². The molecule has 64 valence electrons. The van der Waals surface area contributed by atoms with E-state index in [-0.39, 0.29) is 28.9 Å². The number of hydrogen-bond donors (Lipinski definition) is 0. The molecular weight excluding hydrogens is 243 g/mol. The summed E-state index contributed by atoms with van der Waals surface area (Å²) >= 11 is 3.36. The summed E-state index contributed by atoms with van der Waals surface area (Å²) in [6.45, 7) is 0. The Morgan fingerprint density at radius 2 is 1.54 bits per heavy atom. The van der Waals surface area contributed by atoms with Crippen molar-refractivity contribution in [2.75, 3.05) is 0 Å². The van der Waals surface area contributed by atoms with E-state index in [1.165, 1.54) is 6.07 Å². The highest BCUT2D eigenvalue weighted by molar-refractivity contribution is 9.10. The first-order chi connectivity index (χ1) is 5.79. The number of rotatable bonds is 0. The van der Waals surface area contributed by atoms with Crippen molar-refractivity contribution in [1.82, 2.24) is 0 Å². The van der Waals surface area contributed by atoms with Crippen LogP contribution in [0.3, 0.4) is 0 Å². The molecule has 0 unspecified atom stereocenters. The van der Waals surface area contributed by atoms with Gasteiger partial charge in [-0.1, -0.05) is 40.2 Å². The molecule has 3 heteroatoms. The van der Waals surface area contributed by atoms with E-state index in [1.807, 2.05) is 18.2 Å². The van der Waals surface area contributed by atoms with Gasteiger partial charge in [0.1, 0.15) is 5.82 Å². The number of halogens is 2. The standard InChI is InChI=1S/C10H6BrF.Mg.2H/c11-9-5-6-10(12)8-4-2-1-3-7(8)9;;;/h1-6H;;;. The third-order valence-corrected chi connectivity index (χ3v) is 2.51. The first-order valence-corrected chi connectivity index (χ1v) is 4.41. The second-order valence-corrected chi connectivity index (χ2v) is 3.43. The molecule has 0 aliphatic rings. The molecule has 0 fully saturated rings. The molecule has 0 aliphatic heterocycles. The topological polar surface area (TPSA) is 0 Å². The Hall–Kier alpha value is -0.124. The lowest BCUT2D eigenvalue weighted by molar-refractivity contribution is 0.639. The maximum absolute atomic E-state index is 13.1. The van der Waals surface area contributed by atoms with Gasteiger partial charge in [-0.15, -0.1) is 0 Å². The lowest BCUT2D eigenvalue weighted by Crippen LogP contribution is -1.79. The van der Waals surface area contributed by atoms with Gasteiger partial charge in [0, 0.05) is 9.86 Å². The maximum Gasteiger partial charge on any atom is 0.316 e. The van der Waals surface area contributed by atoms with E-state index >= 15 is 0 Å². The average Bonchev–Trinajstić information content (AvgIpc) is 2.12. The minimum Gasteiger partial charge on any atom is -0.206 e. The molecule has 0 saturated carbocycles. The smallest absolute Gasteiger partial charge is 0.206 e. The SMILES string of the molecule is Fc1ccc(Br)c2ccccc12.[MgH2]. The molecule has 0 amide bonds. The zero-order valence-electron chi connectivity index (χ0n) is 6.22. The van der Waals surface area contributed by atoms with E-state index in [1.54, 1.807) is 12.1 Å². The predicted octanol–water partition coefficient (Wildman–Crippen LogP) is 2.83. The molecule has 2 aromatic rings. The van der Waals surface area contributed by atoms with Crippen molar-refractivity contribution in [3.63, 3.8) is 0 Å². The first-order valence-electron chi connectivity index (χ1n) is 3.62. The Kier molecular flexibility index (Phi) is 3.70. The van der Waals surface area contributed by atoms with Crippen molar-refractivity contribution in [2.45, 2.75) is 0 Å². The largest absolute Gasteiger partial charge is 0.316 e. The van der Waals surface area contributed by atoms with Crippen molar-refractivity contribution in [3.05, 3.63) is 46.7 Å². The summed E-state index contributed by atoms with van der Waals surface area (Å²) in [5.74, 6) is -0.172. The van der Waals surface area contributed by atoms with E-state index in [0.717, 1.165) is 9.86 Å². The van der Waals surface area contributed by atoms with Crippen molar-refractivity contribution in [1.29, 1.82) is 0 Å². The Balaban J connectivity index is 0.000000845. The summed E-state index contributed by atoms with van der Waals surface area (Å²) in [6.07, 6.45) is 0. The molecule has 13 heavy (non-hydrogen) atoms. The van der Waals surface area contributed by atoms with Crippen LogP contribution in [0.4, 0.5) is 4.39 Å². The second kappa shape index (κ2) is 4.40. The lowest BCUT2D eigenvalue weighted by Gasteiger charge is -2.00. The highest BCUT2D eigenvalue weighted by atomic mass is 79.9. The van der Waals surface area contributed by atoms with Crippen LogP contribution in [0.25, 0.3) is 10.8 Å². The van der Waals surface area contributed by atoms with Crippen LogP contribution < -0.4 is 0 Å². The Labute approximate surface area is 100 Å². The van der Waals surface area contributed by atoms with E-state index < -0.39 is 0 Å². The molecule has 2 aromatic carbocycles. The van der Waals surface area contributed by atoms with Crippen molar-refractivity contribution in [2.24, 2.45) is 0 Å². The zero-order chi connectivity index (χ0) is 8.55. The maximum atomic E-state index is 13.1. The quantitative estimate of drug-likeness (QED) is 0.632. The molecule has 2 rings (SSSR count). The van der Waals surface area contributed by atoms with Crippen LogP contribution in [0.1, 0.15) is 0 Å². The fourth-order valence-corrected chi connectivity index (χ4v) is 1.70. The minimum atomic E-state index is -0.172. The molecule has 0 bridgehead atoms. The number of hydrogen-bond acceptors (Lipinski definition) is 0. The predicted molar refractivity (Wildman–Crippen MR) is 60.2 cm³/mol. The van der Waals surface area contributed by atoms with E-state index in [2.05, 4.69) is 15.9 Å². The second-order valence-electron chi connectivity index (χ2n) is 2.57. The van der Waals surface area contributed by atoms with E-state index in [0.29, 0.717) is 5.39 Å². The normalized spacial score (nSPS) is 9.69. The lowest BCUT2D eigenvalue weighted by atomic mass is 10.1. The molecular formula is C10H8BrFMg. The summed E-state index contributed by atoms with van der Waals surface area (Å²) in [7, 11) is 0. The van der Waals surface area contributed by atoms with Gasteiger partial charge in [-0.2, -0.15) is 0 Å². The highest BCUT2D eigenvalue weighted by Gasteiger charge is 2.01. The van der Waals surface area contributed by atoms with Crippen LogP contribution in [0.5, 0.6) is 0 Å². The average molecular weight is 251 g/mol. The van der Waals surface area contributed by atoms with Gasteiger partial charge >= 0.3 is 23.1 Å². The summed E-state index contributed by atoms with van der Waals surface area (Å²) in [6, 6.07) is 10.6. The molecule has 0 spiro atoms. The van der Waals surface area contributed by atoms with Crippen molar-refractivity contribution in [3.8, 4) is 0 Å². The van der Waals surface area contributed by atoms with E-state index in [4.69, 9.17) is 0 Å². The summed E-state index contributed by atoms with van der Waals surface area (Å²) < 4.78 is 14.1. The van der Waals surface area contributed by atoms with Crippen LogP contribution in [-0.2, 0) is 0 Å². The van der Waals surface area contributed by atoms with E-state index in [9.17, 15) is 4.39 Å². The summed E-state index contributed by atoms with van der Waals surface area (Å²) in [5, 5.41) is 1.57. The third kappa shape index (κ3) is 2.03. The number of fused-ring (bicyclic) bond motifs is 1. The van der Waals surface area contributed by atoms with Crippen LogP contribution in [-0.4, -0.2) is 23.1 Å². The van der Waals surface area contributed by atoms with Crippen LogP contribution in [0, 0.1) is 5.82 Å². The van der Waals surface area contributed by atoms with Gasteiger partial charge < -0.3 is 0 Å². The fraction of sp³-hybridized carbons (Fsp3) is 0. The number of benzene rings is 2.